The molecule has 0 unspecified atom stereocenters. The lowest BCUT2D eigenvalue weighted by atomic mass is 10.1. The largest absolute Gasteiger partial charge is 0.455 e. The molecule has 2 aromatic rings. The lowest BCUT2D eigenvalue weighted by molar-refractivity contribution is 0.0533. The Bertz CT molecular complexity index is 713. The first kappa shape index (κ1) is 9.96. The van der Waals surface area contributed by atoms with Crippen molar-refractivity contribution in [3.8, 4) is 11.5 Å². The Morgan fingerprint density at radius 1 is 1.17 bits per heavy atom. The van der Waals surface area contributed by atoms with E-state index in [1.54, 1.807) is 12.1 Å². The first-order valence-electron chi connectivity index (χ1n) is 5.33. The van der Waals surface area contributed by atoms with E-state index in [9.17, 15) is 4.79 Å². The van der Waals surface area contributed by atoms with Crippen LogP contribution < -0.4 is 9.47 Å². The molecule has 6 heteroatoms. The van der Waals surface area contributed by atoms with Crippen molar-refractivity contribution in [2.75, 3.05) is 6.79 Å². The molecule has 0 spiro atoms. The van der Waals surface area contributed by atoms with Crippen molar-refractivity contribution < 1.29 is 19.0 Å². The number of esters is 1. The minimum Gasteiger partial charge on any atom is -0.455 e. The van der Waals surface area contributed by atoms with E-state index in [2.05, 4.69) is 4.98 Å². The van der Waals surface area contributed by atoms with Gasteiger partial charge in [-0.1, -0.05) is 11.6 Å². The third-order valence-electron chi connectivity index (χ3n) is 3.03. The van der Waals surface area contributed by atoms with E-state index in [4.69, 9.17) is 25.8 Å². The van der Waals surface area contributed by atoms with Crippen LogP contribution in [0.25, 0.3) is 10.9 Å². The minimum absolute atomic E-state index is 0.165. The van der Waals surface area contributed by atoms with Crippen molar-refractivity contribution in [2.45, 2.75) is 6.61 Å². The molecular weight excluding hydrogens is 258 g/mol. The van der Waals surface area contributed by atoms with Gasteiger partial charge in [0.05, 0.1) is 16.2 Å². The fourth-order valence-corrected chi connectivity index (χ4v) is 2.52. The molecule has 1 aromatic heterocycles. The quantitative estimate of drug-likeness (QED) is 0.683. The maximum Gasteiger partial charge on any atom is 0.342 e. The van der Waals surface area contributed by atoms with Gasteiger partial charge in [-0.25, -0.2) is 9.78 Å². The third-order valence-corrected chi connectivity index (χ3v) is 3.43. The Balaban J connectivity index is 2.10. The molecule has 4 rings (SSSR count). The van der Waals surface area contributed by atoms with Gasteiger partial charge in [-0.2, -0.15) is 0 Å². The average Bonchev–Trinajstić information content (AvgIpc) is 2.94. The molecule has 0 saturated carbocycles. The SMILES string of the molecule is O=C1OCc2nc3cc4c(cc3c(Cl)c21)OCO4. The van der Waals surface area contributed by atoms with Crippen molar-refractivity contribution in [3.05, 3.63) is 28.4 Å². The van der Waals surface area contributed by atoms with E-state index in [0.29, 0.717) is 38.7 Å². The maximum atomic E-state index is 11.6. The standard InChI is InChI=1S/C12H6ClNO4/c13-11-5-1-8-9(18-4-17-8)2-6(5)14-7-3-16-12(15)10(7)11/h1-2H,3-4H2. The maximum absolute atomic E-state index is 11.6. The summed E-state index contributed by atoms with van der Waals surface area (Å²) in [5.41, 5.74) is 1.58. The highest BCUT2D eigenvalue weighted by molar-refractivity contribution is 6.38. The summed E-state index contributed by atoms with van der Waals surface area (Å²) in [6, 6.07) is 3.49. The molecule has 18 heavy (non-hydrogen) atoms. The number of pyridine rings is 1. The van der Waals surface area contributed by atoms with Gasteiger partial charge < -0.3 is 14.2 Å². The van der Waals surface area contributed by atoms with Gasteiger partial charge in [0.15, 0.2) is 11.5 Å². The number of cyclic esters (lactones) is 1. The monoisotopic (exact) mass is 263 g/mol. The second kappa shape index (κ2) is 3.26. The van der Waals surface area contributed by atoms with Gasteiger partial charge >= 0.3 is 5.97 Å². The van der Waals surface area contributed by atoms with Crippen LogP contribution in [0.3, 0.4) is 0 Å². The van der Waals surface area contributed by atoms with Crippen molar-refractivity contribution in [3.63, 3.8) is 0 Å². The Morgan fingerprint density at radius 2 is 1.94 bits per heavy atom. The van der Waals surface area contributed by atoms with E-state index in [-0.39, 0.29) is 13.4 Å². The molecular formula is C12H6ClNO4. The summed E-state index contributed by atoms with van der Waals surface area (Å²) >= 11 is 6.25. The van der Waals surface area contributed by atoms with E-state index in [0.717, 1.165) is 0 Å². The summed E-state index contributed by atoms with van der Waals surface area (Å²) in [5.74, 6) is 0.816. The Labute approximate surface area is 106 Å². The lowest BCUT2D eigenvalue weighted by Crippen LogP contribution is -1.97. The third kappa shape index (κ3) is 1.17. The summed E-state index contributed by atoms with van der Waals surface area (Å²) in [4.78, 5) is 15.9. The topological polar surface area (TPSA) is 57.7 Å². The van der Waals surface area contributed by atoms with Gasteiger partial charge in [0.25, 0.3) is 0 Å². The van der Waals surface area contributed by atoms with E-state index in [1.807, 2.05) is 0 Å². The average molecular weight is 264 g/mol. The minimum atomic E-state index is -0.429. The smallest absolute Gasteiger partial charge is 0.342 e. The normalized spacial score (nSPS) is 15.9. The Morgan fingerprint density at radius 3 is 2.78 bits per heavy atom. The zero-order chi connectivity index (χ0) is 12.3. The van der Waals surface area contributed by atoms with Crippen LogP contribution in [0.2, 0.25) is 5.02 Å². The summed E-state index contributed by atoms with van der Waals surface area (Å²) < 4.78 is 15.5. The van der Waals surface area contributed by atoms with Crippen molar-refractivity contribution in [1.82, 2.24) is 4.98 Å². The number of benzene rings is 1. The molecule has 0 fully saturated rings. The zero-order valence-corrected chi connectivity index (χ0v) is 9.78. The van der Waals surface area contributed by atoms with Crippen molar-refractivity contribution >= 4 is 28.5 Å². The molecule has 0 aliphatic carbocycles. The number of carbonyl (C=O) groups excluding carboxylic acids is 1. The van der Waals surface area contributed by atoms with Crippen LogP contribution in [-0.2, 0) is 11.3 Å². The summed E-state index contributed by atoms with van der Waals surface area (Å²) in [6.07, 6.45) is 0. The van der Waals surface area contributed by atoms with Crippen LogP contribution in [0.1, 0.15) is 16.1 Å². The molecule has 0 bridgehead atoms. The molecule has 0 amide bonds. The van der Waals surface area contributed by atoms with Gasteiger partial charge in [0.2, 0.25) is 6.79 Å². The summed E-state index contributed by atoms with van der Waals surface area (Å²) in [7, 11) is 0. The second-order valence-electron chi connectivity index (χ2n) is 4.05. The van der Waals surface area contributed by atoms with E-state index >= 15 is 0 Å². The molecule has 0 saturated heterocycles. The molecule has 2 aliphatic rings. The molecule has 0 atom stereocenters. The highest BCUT2D eigenvalue weighted by Crippen LogP contribution is 2.40. The number of fused-ring (bicyclic) bond motifs is 3. The highest BCUT2D eigenvalue weighted by atomic mass is 35.5. The van der Waals surface area contributed by atoms with Crippen LogP contribution in [-0.4, -0.2) is 17.7 Å². The number of hydrogen-bond donors (Lipinski definition) is 0. The molecule has 0 N–H and O–H groups in total. The van der Waals surface area contributed by atoms with Crippen LogP contribution in [0.5, 0.6) is 11.5 Å². The zero-order valence-electron chi connectivity index (χ0n) is 9.03. The van der Waals surface area contributed by atoms with E-state index in [1.165, 1.54) is 0 Å². The predicted molar refractivity (Wildman–Crippen MR) is 62.0 cm³/mol. The summed E-state index contributed by atoms with van der Waals surface area (Å²) in [5, 5.41) is 1.02. The lowest BCUT2D eigenvalue weighted by Gasteiger charge is -2.05. The molecule has 0 radical (unpaired) electrons. The van der Waals surface area contributed by atoms with Gasteiger partial charge in [-0.15, -0.1) is 0 Å². The second-order valence-corrected chi connectivity index (χ2v) is 4.42. The molecule has 90 valence electrons. The number of ether oxygens (including phenoxy) is 3. The number of carbonyl (C=O) groups is 1. The number of aromatic nitrogens is 1. The fourth-order valence-electron chi connectivity index (χ4n) is 2.18. The van der Waals surface area contributed by atoms with Crippen LogP contribution in [0.15, 0.2) is 12.1 Å². The number of halogens is 1. The fraction of sp³-hybridized carbons (Fsp3) is 0.167. The van der Waals surface area contributed by atoms with Crippen LogP contribution in [0.4, 0.5) is 0 Å². The molecule has 2 aliphatic heterocycles. The van der Waals surface area contributed by atoms with Gasteiger partial charge in [0, 0.05) is 11.5 Å². The molecule has 1 aromatic carbocycles. The van der Waals surface area contributed by atoms with Gasteiger partial charge in [-0.05, 0) is 6.07 Å². The Hall–Kier alpha value is -2.01. The number of nitrogens with zero attached hydrogens (tertiary/aromatic N) is 1. The first-order valence-corrected chi connectivity index (χ1v) is 5.70. The summed E-state index contributed by atoms with van der Waals surface area (Å²) in [6.45, 7) is 0.350. The molecule has 3 heterocycles. The van der Waals surface area contributed by atoms with Gasteiger partial charge in [-0.3, -0.25) is 0 Å². The van der Waals surface area contributed by atoms with Crippen molar-refractivity contribution in [2.24, 2.45) is 0 Å². The van der Waals surface area contributed by atoms with Gasteiger partial charge in [0.1, 0.15) is 12.2 Å². The highest BCUT2D eigenvalue weighted by Gasteiger charge is 2.28. The predicted octanol–water partition coefficient (Wildman–Crippen LogP) is 2.29. The first-order chi connectivity index (χ1) is 8.74. The molecule has 5 nitrogen and oxygen atoms in total. The van der Waals surface area contributed by atoms with Crippen molar-refractivity contribution in [1.29, 1.82) is 0 Å². The van der Waals surface area contributed by atoms with E-state index < -0.39 is 5.97 Å². The number of rotatable bonds is 0. The van der Waals surface area contributed by atoms with Crippen LogP contribution >= 0.6 is 11.6 Å². The van der Waals surface area contributed by atoms with Crippen LogP contribution in [0, 0.1) is 0 Å². The number of hydrogen-bond acceptors (Lipinski definition) is 5. The Kier molecular flexibility index (Phi) is 1.81.